The molecule has 0 saturated heterocycles. The van der Waals surface area contributed by atoms with Gasteiger partial charge in [0.2, 0.25) is 0 Å². The summed E-state index contributed by atoms with van der Waals surface area (Å²) in [5, 5.41) is 6.38. The van der Waals surface area contributed by atoms with Crippen molar-refractivity contribution in [2.75, 3.05) is 33.5 Å². The predicted octanol–water partition coefficient (Wildman–Crippen LogP) is 2.16. The average molecular weight is 498 g/mol. The van der Waals surface area contributed by atoms with Crippen LogP contribution in [-0.2, 0) is 32.0 Å². The normalized spacial score (nSPS) is 12.4. The Hall–Kier alpha value is -4.08. The van der Waals surface area contributed by atoms with Crippen LogP contribution in [-0.4, -0.2) is 57.5 Å². The number of hydrogen-bond donors (Lipinski definition) is 2. The molecule has 0 spiro atoms. The van der Waals surface area contributed by atoms with Crippen LogP contribution in [0, 0.1) is 0 Å². The smallest absolute Gasteiger partial charge is 0.344 e. The number of rotatable bonds is 12. The highest BCUT2D eigenvalue weighted by Gasteiger charge is 2.12. The fourth-order valence-corrected chi connectivity index (χ4v) is 3.62. The molecule has 3 rings (SSSR count). The summed E-state index contributed by atoms with van der Waals surface area (Å²) in [6.07, 6.45) is 5.89. The van der Waals surface area contributed by atoms with Crippen LogP contribution in [0.15, 0.2) is 41.5 Å². The molecule has 192 valence electrons. The number of fused-ring (bicyclic) bond motifs is 1. The summed E-state index contributed by atoms with van der Waals surface area (Å²) in [5.74, 6) is 0.0234. The molecule has 0 aliphatic heterocycles. The van der Waals surface area contributed by atoms with Crippen molar-refractivity contribution in [2.24, 2.45) is 5.10 Å². The van der Waals surface area contributed by atoms with Gasteiger partial charge in [-0.3, -0.25) is 9.59 Å². The molecule has 2 amide bonds. The predicted molar refractivity (Wildman–Crippen MR) is 132 cm³/mol. The lowest BCUT2D eigenvalue weighted by Crippen LogP contribution is -2.37. The third-order valence-corrected chi connectivity index (χ3v) is 5.38. The first-order valence-corrected chi connectivity index (χ1v) is 11.8. The lowest BCUT2D eigenvalue weighted by molar-refractivity contribution is -0.145. The van der Waals surface area contributed by atoms with E-state index in [0.29, 0.717) is 22.8 Å². The van der Waals surface area contributed by atoms with Crippen molar-refractivity contribution in [1.29, 1.82) is 0 Å². The van der Waals surface area contributed by atoms with Crippen molar-refractivity contribution >= 4 is 24.0 Å². The van der Waals surface area contributed by atoms with Gasteiger partial charge < -0.3 is 24.3 Å². The molecule has 2 aromatic rings. The van der Waals surface area contributed by atoms with Crippen LogP contribution in [0.3, 0.4) is 0 Å². The minimum absolute atomic E-state index is 0.181. The van der Waals surface area contributed by atoms with Gasteiger partial charge in [-0.05, 0) is 79.6 Å². The van der Waals surface area contributed by atoms with Crippen molar-refractivity contribution in [3.05, 3.63) is 53.1 Å². The Morgan fingerprint density at radius 3 is 2.53 bits per heavy atom. The number of ether oxygens (including phenoxy) is 4. The summed E-state index contributed by atoms with van der Waals surface area (Å²) >= 11 is 0. The van der Waals surface area contributed by atoms with Gasteiger partial charge in [-0.25, -0.2) is 10.2 Å². The van der Waals surface area contributed by atoms with Crippen LogP contribution < -0.4 is 25.0 Å². The fraction of sp³-hybridized carbons (Fsp3) is 0.385. The van der Waals surface area contributed by atoms with Crippen molar-refractivity contribution in [1.82, 2.24) is 10.7 Å². The molecule has 36 heavy (non-hydrogen) atoms. The summed E-state index contributed by atoms with van der Waals surface area (Å²) in [6.45, 7) is 1.32. The molecule has 1 aliphatic carbocycles. The van der Waals surface area contributed by atoms with E-state index in [-0.39, 0.29) is 26.4 Å². The van der Waals surface area contributed by atoms with E-state index in [0.717, 1.165) is 12.8 Å². The fourth-order valence-electron chi connectivity index (χ4n) is 3.62. The molecule has 0 unspecified atom stereocenters. The summed E-state index contributed by atoms with van der Waals surface area (Å²) in [7, 11) is 1.47. The maximum atomic E-state index is 12.0. The van der Waals surface area contributed by atoms with E-state index in [1.165, 1.54) is 37.3 Å². The molecule has 10 nitrogen and oxygen atoms in total. The summed E-state index contributed by atoms with van der Waals surface area (Å²) in [6, 6.07) is 10.8. The summed E-state index contributed by atoms with van der Waals surface area (Å²) in [5.41, 5.74) is 5.58. The molecule has 10 heteroatoms. The topological polar surface area (TPSA) is 125 Å². The largest absolute Gasteiger partial charge is 0.493 e. The van der Waals surface area contributed by atoms with Crippen LogP contribution in [0.5, 0.6) is 17.2 Å². The third-order valence-electron chi connectivity index (χ3n) is 5.38. The van der Waals surface area contributed by atoms with E-state index >= 15 is 0 Å². The van der Waals surface area contributed by atoms with E-state index < -0.39 is 17.8 Å². The number of benzene rings is 2. The van der Waals surface area contributed by atoms with Crippen LogP contribution in [0.1, 0.15) is 36.5 Å². The molecular formula is C26H31N3O7. The maximum Gasteiger partial charge on any atom is 0.344 e. The number of hydrazone groups is 1. The molecular weight excluding hydrogens is 466 g/mol. The van der Waals surface area contributed by atoms with E-state index in [4.69, 9.17) is 18.9 Å². The number of methoxy groups -OCH3 is 1. The number of carbonyl (C=O) groups excluding carboxylic acids is 3. The first-order chi connectivity index (χ1) is 17.5. The Labute approximate surface area is 209 Å². The van der Waals surface area contributed by atoms with Gasteiger partial charge in [0.25, 0.3) is 11.8 Å². The van der Waals surface area contributed by atoms with Gasteiger partial charge in [-0.2, -0.15) is 5.10 Å². The lowest BCUT2D eigenvalue weighted by Gasteiger charge is -2.16. The van der Waals surface area contributed by atoms with Gasteiger partial charge in [0.15, 0.2) is 24.7 Å². The molecule has 0 saturated carbocycles. The second-order valence-electron chi connectivity index (χ2n) is 8.00. The number of nitrogens with one attached hydrogen (secondary N) is 2. The molecule has 0 bridgehead atoms. The minimum Gasteiger partial charge on any atom is -0.493 e. The maximum absolute atomic E-state index is 12.0. The number of aryl methyl sites for hydroxylation is 2. The molecule has 1 aliphatic rings. The molecule has 0 aromatic heterocycles. The second kappa shape index (κ2) is 13.7. The minimum atomic E-state index is -0.491. The first kappa shape index (κ1) is 26.5. The zero-order valence-electron chi connectivity index (χ0n) is 20.5. The first-order valence-electron chi connectivity index (χ1n) is 11.8. The van der Waals surface area contributed by atoms with Crippen LogP contribution >= 0.6 is 0 Å². The SMILES string of the molecule is CCOC(=O)COc1ccc(/C=N/NC(=O)CNC(=O)COc2ccc3c(c2)CCCC3)cc1OC. The van der Waals surface area contributed by atoms with Crippen molar-refractivity contribution in [3.8, 4) is 17.2 Å². The van der Waals surface area contributed by atoms with Crippen LogP contribution in [0.25, 0.3) is 0 Å². The number of hydrogen-bond acceptors (Lipinski definition) is 8. The summed E-state index contributed by atoms with van der Waals surface area (Å²) in [4.78, 5) is 35.5. The Balaban J connectivity index is 1.39. The number of carbonyl (C=O) groups is 3. The Kier molecular flexibility index (Phi) is 10.1. The quantitative estimate of drug-likeness (QED) is 0.262. The van der Waals surface area contributed by atoms with E-state index in [1.807, 2.05) is 18.2 Å². The van der Waals surface area contributed by atoms with Crippen molar-refractivity contribution < 1.29 is 33.3 Å². The Morgan fingerprint density at radius 1 is 0.944 bits per heavy atom. The average Bonchev–Trinajstić information content (AvgIpc) is 2.89. The van der Waals surface area contributed by atoms with Gasteiger partial charge in [0, 0.05) is 0 Å². The zero-order valence-corrected chi connectivity index (χ0v) is 20.5. The molecule has 2 N–H and O–H groups in total. The van der Waals surface area contributed by atoms with Crippen molar-refractivity contribution in [2.45, 2.75) is 32.6 Å². The highest BCUT2D eigenvalue weighted by Crippen LogP contribution is 2.27. The third kappa shape index (κ3) is 8.30. The molecule has 0 atom stereocenters. The zero-order chi connectivity index (χ0) is 25.8. The molecule has 2 aromatic carbocycles. The van der Waals surface area contributed by atoms with Gasteiger partial charge in [-0.1, -0.05) is 6.07 Å². The van der Waals surface area contributed by atoms with Gasteiger partial charge in [0.05, 0.1) is 26.5 Å². The van der Waals surface area contributed by atoms with E-state index in [2.05, 4.69) is 15.8 Å². The van der Waals surface area contributed by atoms with Crippen LogP contribution in [0.2, 0.25) is 0 Å². The highest BCUT2D eigenvalue weighted by molar-refractivity contribution is 5.87. The van der Waals surface area contributed by atoms with Gasteiger partial charge in [-0.15, -0.1) is 0 Å². The Morgan fingerprint density at radius 2 is 1.75 bits per heavy atom. The van der Waals surface area contributed by atoms with Gasteiger partial charge in [0.1, 0.15) is 5.75 Å². The second-order valence-corrected chi connectivity index (χ2v) is 8.00. The van der Waals surface area contributed by atoms with E-state index in [9.17, 15) is 14.4 Å². The molecule has 0 radical (unpaired) electrons. The highest BCUT2D eigenvalue weighted by atomic mass is 16.6. The van der Waals surface area contributed by atoms with Gasteiger partial charge >= 0.3 is 5.97 Å². The number of amides is 2. The van der Waals surface area contributed by atoms with Crippen molar-refractivity contribution in [3.63, 3.8) is 0 Å². The molecule has 0 fully saturated rings. The number of nitrogens with zero attached hydrogens (tertiary/aromatic N) is 1. The Bertz CT molecular complexity index is 1100. The summed E-state index contributed by atoms with van der Waals surface area (Å²) < 4.78 is 21.1. The van der Waals surface area contributed by atoms with E-state index in [1.54, 1.807) is 25.1 Å². The molecule has 0 heterocycles. The number of esters is 1. The standard InChI is InChI=1S/C26H31N3O7/c1-3-34-26(32)17-36-22-11-8-18(12-23(22)33-2)14-28-29-24(30)15-27-25(31)16-35-21-10-9-19-6-4-5-7-20(19)13-21/h8-14H,3-7,15-17H2,1-2H3,(H,27,31)(H,29,30)/b28-14+. The van der Waals surface area contributed by atoms with Crippen LogP contribution in [0.4, 0.5) is 0 Å². The monoisotopic (exact) mass is 497 g/mol. The lowest BCUT2D eigenvalue weighted by atomic mass is 9.92.